The normalized spacial score (nSPS) is 11.5. The molecule has 106 valence electrons. The van der Waals surface area contributed by atoms with Crippen molar-refractivity contribution in [3.8, 4) is 0 Å². The van der Waals surface area contributed by atoms with Gasteiger partial charge in [0.15, 0.2) is 0 Å². The van der Waals surface area contributed by atoms with Gasteiger partial charge in [0.2, 0.25) is 10.0 Å². The van der Waals surface area contributed by atoms with Crippen molar-refractivity contribution < 1.29 is 8.42 Å². The molecule has 7 heteroatoms. The average molecular weight is 329 g/mol. The van der Waals surface area contributed by atoms with Gasteiger partial charge in [-0.25, -0.2) is 13.6 Å². The first-order valence-electron chi connectivity index (χ1n) is 5.66. The van der Waals surface area contributed by atoms with E-state index in [0.29, 0.717) is 10.8 Å². The zero-order chi connectivity index (χ0) is 14.8. The molecule has 0 aliphatic rings. The molecule has 2 rings (SSSR count). The zero-order valence-electron chi connectivity index (χ0n) is 10.4. The molecule has 0 fully saturated rings. The van der Waals surface area contributed by atoms with Crippen LogP contribution in [0.5, 0.6) is 0 Å². The van der Waals surface area contributed by atoms with Crippen molar-refractivity contribution in [3.05, 3.63) is 53.1 Å². The summed E-state index contributed by atoms with van der Waals surface area (Å²) in [4.78, 5) is 0.800. The van der Waals surface area contributed by atoms with Gasteiger partial charge in [-0.3, -0.25) is 0 Å². The van der Waals surface area contributed by atoms with Gasteiger partial charge >= 0.3 is 0 Å². The molecule has 0 heterocycles. The number of hydrogen-bond acceptors (Lipinski definition) is 4. The molecule has 0 amide bonds. The molecule has 4 N–H and O–H groups in total. The Labute approximate surface area is 127 Å². The molecule has 0 unspecified atom stereocenters. The van der Waals surface area contributed by atoms with Gasteiger partial charge in [0.05, 0.1) is 5.69 Å². The van der Waals surface area contributed by atoms with Crippen LogP contribution in [-0.2, 0) is 15.8 Å². The molecule has 0 aromatic heterocycles. The second-order valence-electron chi connectivity index (χ2n) is 4.12. The Balaban J connectivity index is 2.16. The molecule has 0 radical (unpaired) electrons. The molecule has 2 aromatic rings. The predicted molar refractivity (Wildman–Crippen MR) is 83.2 cm³/mol. The van der Waals surface area contributed by atoms with Crippen molar-refractivity contribution in [1.29, 1.82) is 0 Å². The molecule has 0 spiro atoms. The van der Waals surface area contributed by atoms with Gasteiger partial charge in [-0.2, -0.15) is 0 Å². The number of thioether (sulfide) groups is 1. The van der Waals surface area contributed by atoms with Crippen molar-refractivity contribution in [1.82, 2.24) is 0 Å². The fraction of sp³-hybridized carbons (Fsp3) is 0.0769. The van der Waals surface area contributed by atoms with Gasteiger partial charge in [0.1, 0.15) is 4.90 Å². The Bertz CT molecular complexity index is 733. The van der Waals surface area contributed by atoms with Crippen LogP contribution < -0.4 is 10.9 Å². The van der Waals surface area contributed by atoms with E-state index in [-0.39, 0.29) is 10.6 Å². The third-order valence-electron chi connectivity index (χ3n) is 2.64. The van der Waals surface area contributed by atoms with Crippen molar-refractivity contribution in [2.45, 2.75) is 15.5 Å². The first-order chi connectivity index (χ1) is 9.38. The van der Waals surface area contributed by atoms with Gasteiger partial charge in [-0.1, -0.05) is 29.8 Å². The Morgan fingerprint density at radius 1 is 1.15 bits per heavy atom. The van der Waals surface area contributed by atoms with Gasteiger partial charge in [0, 0.05) is 15.7 Å². The molecule has 20 heavy (non-hydrogen) atoms. The topological polar surface area (TPSA) is 86.2 Å². The van der Waals surface area contributed by atoms with E-state index >= 15 is 0 Å². The SMILES string of the molecule is Nc1cc(SCc2ccccc2Cl)ccc1S(N)(=O)=O. The summed E-state index contributed by atoms with van der Waals surface area (Å²) in [7, 11) is -3.78. The Hall–Kier alpha value is -1.21. The number of benzene rings is 2. The van der Waals surface area contributed by atoms with E-state index < -0.39 is 10.0 Å². The number of nitrogen functional groups attached to an aromatic ring is 1. The molecule has 0 saturated carbocycles. The van der Waals surface area contributed by atoms with Gasteiger partial charge in [-0.05, 0) is 29.8 Å². The summed E-state index contributed by atoms with van der Waals surface area (Å²) in [6.45, 7) is 0. The lowest BCUT2D eigenvalue weighted by Gasteiger charge is -2.07. The molecule has 4 nitrogen and oxygen atoms in total. The van der Waals surface area contributed by atoms with Crippen LogP contribution >= 0.6 is 23.4 Å². The van der Waals surface area contributed by atoms with Crippen LogP contribution in [0.25, 0.3) is 0 Å². The number of primary sulfonamides is 1. The summed E-state index contributed by atoms with van der Waals surface area (Å²) < 4.78 is 22.5. The second-order valence-corrected chi connectivity index (χ2v) is 7.11. The number of hydrogen-bond donors (Lipinski definition) is 2. The summed E-state index contributed by atoms with van der Waals surface area (Å²) in [5, 5.41) is 5.76. The highest BCUT2D eigenvalue weighted by Crippen LogP contribution is 2.29. The lowest BCUT2D eigenvalue weighted by Crippen LogP contribution is -2.14. The second kappa shape index (κ2) is 6.05. The minimum Gasteiger partial charge on any atom is -0.398 e. The maximum absolute atomic E-state index is 11.3. The number of nitrogens with two attached hydrogens (primary N) is 2. The monoisotopic (exact) mass is 328 g/mol. The van der Waals surface area contributed by atoms with E-state index in [9.17, 15) is 8.42 Å². The molecule has 0 aliphatic heterocycles. The minimum absolute atomic E-state index is 0.0559. The third-order valence-corrected chi connectivity index (χ3v) is 5.04. The number of halogens is 1. The number of sulfonamides is 1. The van der Waals surface area contributed by atoms with Crippen LogP contribution in [-0.4, -0.2) is 8.42 Å². The van der Waals surface area contributed by atoms with Crippen LogP contribution in [0, 0.1) is 0 Å². The van der Waals surface area contributed by atoms with Crippen molar-refractivity contribution >= 4 is 39.1 Å². The maximum Gasteiger partial charge on any atom is 0.240 e. The van der Waals surface area contributed by atoms with Gasteiger partial charge in [-0.15, -0.1) is 11.8 Å². The summed E-state index contributed by atoms with van der Waals surface area (Å²) in [5.41, 5.74) is 6.87. The molecule has 0 atom stereocenters. The molecule has 0 aliphatic carbocycles. The minimum atomic E-state index is -3.78. The first-order valence-corrected chi connectivity index (χ1v) is 8.57. The van der Waals surface area contributed by atoms with E-state index in [1.807, 2.05) is 24.3 Å². The molecule has 2 aromatic carbocycles. The van der Waals surface area contributed by atoms with Gasteiger partial charge in [0.25, 0.3) is 0 Å². The van der Waals surface area contributed by atoms with E-state index in [0.717, 1.165) is 10.5 Å². The summed E-state index contributed by atoms with van der Waals surface area (Å²) >= 11 is 7.59. The number of anilines is 1. The molecular formula is C13H13ClN2O2S2. The van der Waals surface area contributed by atoms with E-state index in [1.54, 1.807) is 12.1 Å². The third kappa shape index (κ3) is 3.67. The van der Waals surface area contributed by atoms with Crippen LogP contribution in [0.4, 0.5) is 5.69 Å². The first kappa shape index (κ1) is 15.2. The largest absolute Gasteiger partial charge is 0.398 e. The smallest absolute Gasteiger partial charge is 0.240 e. The fourth-order valence-electron chi connectivity index (χ4n) is 1.65. The van der Waals surface area contributed by atoms with E-state index in [2.05, 4.69) is 0 Å². The van der Waals surface area contributed by atoms with Crippen LogP contribution in [0.1, 0.15) is 5.56 Å². The highest BCUT2D eigenvalue weighted by molar-refractivity contribution is 7.98. The molecular weight excluding hydrogens is 316 g/mol. The Morgan fingerprint density at radius 2 is 1.85 bits per heavy atom. The summed E-state index contributed by atoms with van der Waals surface area (Å²) in [6.07, 6.45) is 0. The lowest BCUT2D eigenvalue weighted by molar-refractivity contribution is 0.598. The van der Waals surface area contributed by atoms with Crippen molar-refractivity contribution in [3.63, 3.8) is 0 Å². The van der Waals surface area contributed by atoms with Crippen LogP contribution in [0.3, 0.4) is 0 Å². The maximum atomic E-state index is 11.3. The van der Waals surface area contributed by atoms with E-state index in [1.165, 1.54) is 17.8 Å². The highest BCUT2D eigenvalue weighted by Gasteiger charge is 2.12. The fourth-order valence-corrected chi connectivity index (χ4v) is 3.53. The molecule has 0 bridgehead atoms. The van der Waals surface area contributed by atoms with Crippen molar-refractivity contribution in [2.24, 2.45) is 5.14 Å². The highest BCUT2D eigenvalue weighted by atomic mass is 35.5. The standard InChI is InChI=1S/C13H13ClN2O2S2/c14-11-4-2-1-3-9(11)8-19-10-5-6-13(12(15)7-10)20(16,17)18/h1-7H,8,15H2,(H2,16,17,18). The predicted octanol–water partition coefficient (Wildman–Crippen LogP) is 2.86. The number of rotatable bonds is 4. The van der Waals surface area contributed by atoms with Crippen LogP contribution in [0.2, 0.25) is 5.02 Å². The Morgan fingerprint density at radius 3 is 2.45 bits per heavy atom. The summed E-state index contributed by atoms with van der Waals surface area (Å²) in [6, 6.07) is 12.3. The van der Waals surface area contributed by atoms with Gasteiger partial charge < -0.3 is 5.73 Å². The van der Waals surface area contributed by atoms with Crippen molar-refractivity contribution in [2.75, 3.05) is 5.73 Å². The van der Waals surface area contributed by atoms with E-state index in [4.69, 9.17) is 22.5 Å². The lowest BCUT2D eigenvalue weighted by atomic mass is 10.2. The average Bonchev–Trinajstić information content (AvgIpc) is 2.36. The molecule has 0 saturated heterocycles. The quantitative estimate of drug-likeness (QED) is 0.667. The summed E-state index contributed by atoms with van der Waals surface area (Å²) in [5.74, 6) is 0.674. The zero-order valence-corrected chi connectivity index (χ0v) is 12.8. The Kier molecular flexibility index (Phi) is 4.59. The van der Waals surface area contributed by atoms with Crippen LogP contribution in [0.15, 0.2) is 52.3 Å².